The predicted molar refractivity (Wildman–Crippen MR) is 89.8 cm³/mol. The summed E-state index contributed by atoms with van der Waals surface area (Å²) in [4.78, 5) is 34.3. The van der Waals surface area contributed by atoms with Crippen molar-refractivity contribution in [3.05, 3.63) is 63.7 Å². The van der Waals surface area contributed by atoms with E-state index in [1.54, 1.807) is 13.0 Å². The number of anilines is 1. The van der Waals surface area contributed by atoms with Crippen molar-refractivity contribution < 1.29 is 32.8 Å². The first-order valence-electron chi connectivity index (χ1n) is 7.54. The van der Waals surface area contributed by atoms with Gasteiger partial charge in [-0.2, -0.15) is 8.78 Å². The summed E-state index contributed by atoms with van der Waals surface area (Å²) >= 11 is 0. The average molecular weight is 380 g/mol. The molecule has 2 aromatic carbocycles. The standard InChI is InChI=1S/C17H14F2N2O6/c1-10-6-7-12(13(8-10)21(24)25)20-15(22)9-26-16(23)11-4-2-3-5-14(11)27-17(18)19/h2-8,17H,9H2,1H3,(H,20,22). The number of rotatable bonds is 7. The molecule has 0 aliphatic carbocycles. The number of benzene rings is 2. The minimum Gasteiger partial charge on any atom is -0.452 e. The number of para-hydroxylation sites is 1. The molecule has 2 aromatic rings. The first-order chi connectivity index (χ1) is 12.8. The fourth-order valence-corrected chi connectivity index (χ4v) is 2.13. The van der Waals surface area contributed by atoms with Crippen LogP contribution >= 0.6 is 0 Å². The number of hydrogen-bond donors (Lipinski definition) is 1. The van der Waals surface area contributed by atoms with Crippen molar-refractivity contribution >= 4 is 23.3 Å². The summed E-state index contributed by atoms with van der Waals surface area (Å²) in [6.07, 6.45) is 0. The highest BCUT2D eigenvalue weighted by molar-refractivity contribution is 5.97. The Morgan fingerprint density at radius 3 is 2.59 bits per heavy atom. The fraction of sp³-hybridized carbons (Fsp3) is 0.176. The number of aryl methyl sites for hydroxylation is 1. The third-order valence-corrected chi connectivity index (χ3v) is 3.28. The largest absolute Gasteiger partial charge is 0.452 e. The van der Waals surface area contributed by atoms with Crippen LogP contribution in [0.15, 0.2) is 42.5 Å². The van der Waals surface area contributed by atoms with Gasteiger partial charge < -0.3 is 14.8 Å². The number of halogens is 2. The van der Waals surface area contributed by atoms with Crippen molar-refractivity contribution in [1.29, 1.82) is 0 Å². The summed E-state index contributed by atoms with van der Waals surface area (Å²) in [5.74, 6) is -2.28. The molecule has 0 bridgehead atoms. The first-order valence-corrected chi connectivity index (χ1v) is 7.54. The summed E-state index contributed by atoms with van der Waals surface area (Å²) in [6, 6.07) is 9.33. The molecule has 0 unspecified atom stereocenters. The van der Waals surface area contributed by atoms with Gasteiger partial charge in [0.1, 0.15) is 17.0 Å². The molecule has 0 aliphatic heterocycles. The van der Waals surface area contributed by atoms with E-state index >= 15 is 0 Å². The smallest absolute Gasteiger partial charge is 0.387 e. The lowest BCUT2D eigenvalue weighted by Gasteiger charge is -2.10. The van der Waals surface area contributed by atoms with E-state index in [9.17, 15) is 28.5 Å². The van der Waals surface area contributed by atoms with Gasteiger partial charge in [0.25, 0.3) is 11.6 Å². The minimum atomic E-state index is -3.13. The molecule has 1 amide bonds. The minimum absolute atomic E-state index is 0.0620. The Hall–Kier alpha value is -3.56. The Morgan fingerprint density at radius 2 is 1.93 bits per heavy atom. The maximum atomic E-state index is 12.4. The molecule has 0 heterocycles. The van der Waals surface area contributed by atoms with Crippen LogP contribution in [-0.2, 0) is 9.53 Å². The molecule has 27 heavy (non-hydrogen) atoms. The number of hydrogen-bond acceptors (Lipinski definition) is 6. The Kier molecular flexibility index (Phi) is 6.36. The second kappa shape index (κ2) is 8.70. The molecule has 1 N–H and O–H groups in total. The quantitative estimate of drug-likeness (QED) is 0.449. The first kappa shape index (κ1) is 19.8. The van der Waals surface area contributed by atoms with E-state index in [4.69, 9.17) is 4.74 Å². The number of nitro groups is 1. The zero-order valence-electron chi connectivity index (χ0n) is 14.0. The van der Waals surface area contributed by atoms with E-state index in [0.29, 0.717) is 5.56 Å². The van der Waals surface area contributed by atoms with Crippen LogP contribution in [0.1, 0.15) is 15.9 Å². The van der Waals surface area contributed by atoms with Crippen molar-refractivity contribution in [3.8, 4) is 5.75 Å². The Bertz CT molecular complexity index is 872. The lowest BCUT2D eigenvalue weighted by atomic mass is 10.2. The summed E-state index contributed by atoms with van der Waals surface area (Å²) in [5, 5.41) is 13.3. The number of amides is 1. The van der Waals surface area contributed by atoms with Crippen molar-refractivity contribution in [2.45, 2.75) is 13.5 Å². The number of nitrogens with zero attached hydrogens (tertiary/aromatic N) is 1. The van der Waals surface area contributed by atoms with Gasteiger partial charge in [-0.25, -0.2) is 4.79 Å². The molecule has 0 aliphatic rings. The van der Waals surface area contributed by atoms with E-state index in [1.165, 1.54) is 30.3 Å². The van der Waals surface area contributed by atoms with Crippen molar-refractivity contribution in [1.82, 2.24) is 0 Å². The van der Waals surface area contributed by atoms with Crippen LogP contribution in [0, 0.1) is 17.0 Å². The topological polar surface area (TPSA) is 108 Å². The molecular weight excluding hydrogens is 366 g/mol. The number of esters is 1. The predicted octanol–water partition coefficient (Wildman–Crippen LogP) is 3.30. The van der Waals surface area contributed by atoms with Gasteiger partial charge in [-0.3, -0.25) is 14.9 Å². The number of carbonyl (C=O) groups excluding carboxylic acids is 2. The van der Waals surface area contributed by atoms with Gasteiger partial charge in [-0.15, -0.1) is 0 Å². The molecule has 0 saturated heterocycles. The molecule has 2 rings (SSSR count). The fourth-order valence-electron chi connectivity index (χ4n) is 2.13. The lowest BCUT2D eigenvalue weighted by Crippen LogP contribution is -2.22. The number of alkyl halides is 2. The van der Waals surface area contributed by atoms with Crippen molar-refractivity contribution in [2.75, 3.05) is 11.9 Å². The van der Waals surface area contributed by atoms with E-state index in [-0.39, 0.29) is 16.9 Å². The Balaban J connectivity index is 2.03. The van der Waals surface area contributed by atoms with E-state index in [2.05, 4.69) is 10.1 Å². The van der Waals surface area contributed by atoms with Gasteiger partial charge >= 0.3 is 12.6 Å². The maximum Gasteiger partial charge on any atom is 0.387 e. The highest BCUT2D eigenvalue weighted by Gasteiger charge is 2.19. The van der Waals surface area contributed by atoms with E-state index < -0.39 is 35.8 Å². The molecule has 0 aromatic heterocycles. The zero-order valence-corrected chi connectivity index (χ0v) is 14.0. The SMILES string of the molecule is Cc1ccc(NC(=O)COC(=O)c2ccccc2OC(F)F)c([N+](=O)[O-])c1. The van der Waals surface area contributed by atoms with Gasteiger partial charge in [-0.05, 0) is 30.7 Å². The molecule has 0 spiro atoms. The van der Waals surface area contributed by atoms with Gasteiger partial charge in [0, 0.05) is 6.07 Å². The molecule has 8 nitrogen and oxygen atoms in total. The van der Waals surface area contributed by atoms with Crippen LogP contribution in [0.4, 0.5) is 20.2 Å². The third kappa shape index (κ3) is 5.46. The number of nitrogens with one attached hydrogen (secondary N) is 1. The summed E-state index contributed by atoms with van der Waals surface area (Å²) in [6.45, 7) is -2.25. The number of carbonyl (C=O) groups is 2. The van der Waals surface area contributed by atoms with Crippen LogP contribution in [-0.4, -0.2) is 30.0 Å². The molecule has 142 valence electrons. The number of nitro benzene ring substituents is 1. The molecule has 0 radical (unpaired) electrons. The maximum absolute atomic E-state index is 12.4. The monoisotopic (exact) mass is 380 g/mol. The molecule has 10 heteroatoms. The zero-order chi connectivity index (χ0) is 20.0. The van der Waals surface area contributed by atoms with Crippen molar-refractivity contribution in [3.63, 3.8) is 0 Å². The van der Waals surface area contributed by atoms with Gasteiger partial charge in [-0.1, -0.05) is 18.2 Å². The van der Waals surface area contributed by atoms with Gasteiger partial charge in [0.05, 0.1) is 4.92 Å². The number of ether oxygens (including phenoxy) is 2. The third-order valence-electron chi connectivity index (χ3n) is 3.28. The molecule has 0 atom stereocenters. The average Bonchev–Trinajstić information content (AvgIpc) is 2.61. The lowest BCUT2D eigenvalue weighted by molar-refractivity contribution is -0.384. The summed E-state index contributed by atoms with van der Waals surface area (Å²) in [5.41, 5.74) is -0.0351. The highest BCUT2D eigenvalue weighted by atomic mass is 19.3. The van der Waals surface area contributed by atoms with Crippen LogP contribution in [0.3, 0.4) is 0 Å². The Labute approximate surface area is 151 Å². The van der Waals surface area contributed by atoms with Crippen LogP contribution in [0.2, 0.25) is 0 Å². The van der Waals surface area contributed by atoms with Crippen LogP contribution in [0.5, 0.6) is 5.75 Å². The second-order valence-corrected chi connectivity index (χ2v) is 5.28. The second-order valence-electron chi connectivity index (χ2n) is 5.28. The molecule has 0 fully saturated rings. The van der Waals surface area contributed by atoms with Gasteiger partial charge in [0.15, 0.2) is 6.61 Å². The van der Waals surface area contributed by atoms with E-state index in [0.717, 1.165) is 6.07 Å². The van der Waals surface area contributed by atoms with Crippen molar-refractivity contribution in [2.24, 2.45) is 0 Å². The highest BCUT2D eigenvalue weighted by Crippen LogP contribution is 2.25. The molecular formula is C17H14F2N2O6. The Morgan fingerprint density at radius 1 is 1.22 bits per heavy atom. The van der Waals surface area contributed by atoms with Gasteiger partial charge in [0.2, 0.25) is 0 Å². The van der Waals surface area contributed by atoms with E-state index in [1.807, 2.05) is 0 Å². The van der Waals surface area contributed by atoms with Crippen LogP contribution < -0.4 is 10.1 Å². The van der Waals surface area contributed by atoms with Crippen LogP contribution in [0.25, 0.3) is 0 Å². The summed E-state index contributed by atoms with van der Waals surface area (Å²) < 4.78 is 33.7. The summed E-state index contributed by atoms with van der Waals surface area (Å²) in [7, 11) is 0. The normalized spacial score (nSPS) is 10.4. The molecule has 0 saturated carbocycles.